The Hall–Kier alpha value is -3.04. The number of hydrogen-bond donors (Lipinski definition) is 1. The summed E-state index contributed by atoms with van der Waals surface area (Å²) in [6, 6.07) is 12.6. The van der Waals surface area contributed by atoms with Crippen LogP contribution < -0.4 is 10.2 Å². The summed E-state index contributed by atoms with van der Waals surface area (Å²) in [7, 11) is 1.62. The molecule has 3 aromatic rings. The van der Waals surface area contributed by atoms with Crippen LogP contribution in [0.4, 0.5) is 16.2 Å². The molecule has 2 amide bonds. The third-order valence-corrected chi connectivity index (χ3v) is 5.71. The van der Waals surface area contributed by atoms with Crippen molar-refractivity contribution in [1.29, 1.82) is 0 Å². The molecule has 162 valence electrons. The Labute approximate surface area is 189 Å². The van der Waals surface area contributed by atoms with Gasteiger partial charge in [-0.05, 0) is 55.8 Å². The molecular formula is C21H22ClN5O3S. The van der Waals surface area contributed by atoms with E-state index in [1.54, 1.807) is 49.1 Å². The Morgan fingerprint density at radius 3 is 2.65 bits per heavy atom. The number of hydrogen-bond acceptors (Lipinski definition) is 6. The van der Waals surface area contributed by atoms with Crippen LogP contribution in [0.5, 0.6) is 0 Å². The van der Waals surface area contributed by atoms with Crippen LogP contribution in [-0.4, -0.2) is 46.2 Å². The van der Waals surface area contributed by atoms with Crippen LogP contribution in [0, 0.1) is 6.92 Å². The summed E-state index contributed by atoms with van der Waals surface area (Å²) >= 11 is 7.48. The molecular weight excluding hydrogens is 438 g/mol. The van der Waals surface area contributed by atoms with Crippen molar-refractivity contribution in [1.82, 2.24) is 14.8 Å². The van der Waals surface area contributed by atoms with Gasteiger partial charge in [-0.15, -0.1) is 10.2 Å². The summed E-state index contributed by atoms with van der Waals surface area (Å²) in [6.07, 6.45) is 1.15. The zero-order valence-electron chi connectivity index (χ0n) is 17.3. The van der Waals surface area contributed by atoms with Crippen LogP contribution in [0.15, 0.2) is 53.9 Å². The van der Waals surface area contributed by atoms with Crippen LogP contribution in [-0.2, 0) is 9.53 Å². The molecule has 8 nitrogen and oxygen atoms in total. The minimum absolute atomic E-state index is 0.156. The summed E-state index contributed by atoms with van der Waals surface area (Å²) in [4.78, 5) is 25.5. The molecule has 31 heavy (non-hydrogen) atoms. The lowest BCUT2D eigenvalue weighted by atomic mass is 10.2. The molecule has 0 radical (unpaired) electrons. The number of nitrogens with one attached hydrogen (secondary N) is 1. The second-order valence-corrected chi connectivity index (χ2v) is 7.91. The van der Waals surface area contributed by atoms with Crippen molar-refractivity contribution < 1.29 is 14.3 Å². The quantitative estimate of drug-likeness (QED) is 0.521. The molecule has 0 atom stereocenters. The highest BCUT2D eigenvalue weighted by molar-refractivity contribution is 7.99. The first kappa shape index (κ1) is 22.6. The SMILES string of the molecule is CCOC(=O)N(C)c1ccc(NC(=O)CSc2nncn2-c2ccc(C)c(Cl)c2)cc1. The van der Waals surface area contributed by atoms with Crippen molar-refractivity contribution in [3.63, 3.8) is 0 Å². The van der Waals surface area contributed by atoms with Gasteiger partial charge in [-0.25, -0.2) is 4.79 Å². The van der Waals surface area contributed by atoms with Crippen LogP contribution in [0.2, 0.25) is 5.02 Å². The van der Waals surface area contributed by atoms with E-state index in [-0.39, 0.29) is 11.7 Å². The van der Waals surface area contributed by atoms with Gasteiger partial charge in [0.15, 0.2) is 5.16 Å². The van der Waals surface area contributed by atoms with Gasteiger partial charge in [0.2, 0.25) is 5.91 Å². The molecule has 10 heteroatoms. The Kier molecular flexibility index (Phi) is 7.54. The van der Waals surface area contributed by atoms with Crippen molar-refractivity contribution in [2.24, 2.45) is 0 Å². The smallest absolute Gasteiger partial charge is 0.413 e. The molecule has 0 spiro atoms. The summed E-state index contributed by atoms with van der Waals surface area (Å²) < 4.78 is 6.75. The summed E-state index contributed by atoms with van der Waals surface area (Å²) in [5.41, 5.74) is 3.09. The maximum atomic E-state index is 12.4. The van der Waals surface area contributed by atoms with E-state index in [0.717, 1.165) is 11.3 Å². The monoisotopic (exact) mass is 459 g/mol. The van der Waals surface area contributed by atoms with E-state index in [1.165, 1.54) is 16.7 Å². The highest BCUT2D eigenvalue weighted by Gasteiger charge is 2.13. The van der Waals surface area contributed by atoms with E-state index in [1.807, 2.05) is 25.1 Å². The van der Waals surface area contributed by atoms with Crippen molar-refractivity contribution in [2.45, 2.75) is 19.0 Å². The van der Waals surface area contributed by atoms with E-state index in [9.17, 15) is 9.59 Å². The molecule has 1 N–H and O–H groups in total. The number of carbonyl (C=O) groups excluding carboxylic acids is 2. The predicted molar refractivity (Wildman–Crippen MR) is 122 cm³/mol. The van der Waals surface area contributed by atoms with E-state index in [2.05, 4.69) is 15.5 Å². The minimum atomic E-state index is -0.435. The summed E-state index contributed by atoms with van der Waals surface area (Å²) in [6.45, 7) is 3.99. The van der Waals surface area contributed by atoms with Gasteiger partial charge in [-0.3, -0.25) is 14.3 Å². The van der Waals surface area contributed by atoms with E-state index in [4.69, 9.17) is 16.3 Å². The number of nitrogens with zero attached hydrogens (tertiary/aromatic N) is 4. The molecule has 0 fully saturated rings. The molecule has 1 aromatic heterocycles. The Balaban J connectivity index is 1.58. The number of aryl methyl sites for hydroxylation is 1. The maximum absolute atomic E-state index is 12.4. The summed E-state index contributed by atoms with van der Waals surface area (Å²) in [5.74, 6) is -0.0315. The molecule has 0 saturated carbocycles. The molecule has 3 rings (SSSR count). The fraction of sp³-hybridized carbons (Fsp3) is 0.238. The number of benzene rings is 2. The molecule has 2 aromatic carbocycles. The highest BCUT2D eigenvalue weighted by atomic mass is 35.5. The second-order valence-electron chi connectivity index (χ2n) is 6.56. The second kappa shape index (κ2) is 10.3. The van der Waals surface area contributed by atoms with Gasteiger partial charge >= 0.3 is 6.09 Å². The first-order valence-electron chi connectivity index (χ1n) is 9.48. The third-order valence-electron chi connectivity index (χ3n) is 4.36. The normalized spacial score (nSPS) is 10.6. The number of aromatic nitrogens is 3. The lowest BCUT2D eigenvalue weighted by Gasteiger charge is -2.16. The standard InChI is InChI=1S/C21H22ClN5O3S/c1-4-30-21(29)26(3)16-9-6-15(7-10-16)24-19(28)12-31-20-25-23-13-27(20)17-8-5-14(2)18(22)11-17/h5-11,13H,4,12H2,1-3H3,(H,24,28). The largest absolute Gasteiger partial charge is 0.449 e. The number of thioether (sulfide) groups is 1. The Morgan fingerprint density at radius 2 is 1.97 bits per heavy atom. The number of halogens is 1. The lowest BCUT2D eigenvalue weighted by Crippen LogP contribution is -2.26. The van der Waals surface area contributed by atoms with Crippen LogP contribution in [0.1, 0.15) is 12.5 Å². The van der Waals surface area contributed by atoms with Crippen molar-refractivity contribution >= 4 is 46.7 Å². The van der Waals surface area contributed by atoms with E-state index < -0.39 is 6.09 Å². The van der Waals surface area contributed by atoms with Crippen LogP contribution >= 0.6 is 23.4 Å². The number of carbonyl (C=O) groups is 2. The maximum Gasteiger partial charge on any atom is 0.413 e. The Morgan fingerprint density at radius 1 is 1.23 bits per heavy atom. The average molecular weight is 460 g/mol. The topological polar surface area (TPSA) is 89.3 Å². The van der Waals surface area contributed by atoms with Gasteiger partial charge in [0.05, 0.1) is 18.0 Å². The molecule has 0 unspecified atom stereocenters. The van der Waals surface area contributed by atoms with Crippen LogP contribution in [0.3, 0.4) is 0 Å². The first-order valence-corrected chi connectivity index (χ1v) is 10.8. The van der Waals surface area contributed by atoms with Gasteiger partial charge in [-0.1, -0.05) is 29.4 Å². The fourth-order valence-electron chi connectivity index (χ4n) is 2.65. The minimum Gasteiger partial charge on any atom is -0.449 e. The van der Waals surface area contributed by atoms with Crippen molar-refractivity contribution in [2.75, 3.05) is 29.6 Å². The highest BCUT2D eigenvalue weighted by Crippen LogP contribution is 2.24. The molecule has 0 saturated heterocycles. The average Bonchev–Trinajstić information content (AvgIpc) is 3.23. The van der Waals surface area contributed by atoms with Crippen LogP contribution in [0.25, 0.3) is 5.69 Å². The van der Waals surface area contributed by atoms with Gasteiger partial charge in [0.25, 0.3) is 0 Å². The number of rotatable bonds is 7. The number of ether oxygens (including phenoxy) is 1. The van der Waals surface area contributed by atoms with Gasteiger partial charge in [0, 0.05) is 23.4 Å². The first-order chi connectivity index (χ1) is 14.9. The summed E-state index contributed by atoms with van der Waals surface area (Å²) in [5, 5.41) is 12.1. The molecule has 0 aliphatic heterocycles. The van der Waals surface area contributed by atoms with Gasteiger partial charge < -0.3 is 10.1 Å². The van der Waals surface area contributed by atoms with Crippen molar-refractivity contribution in [3.05, 3.63) is 59.4 Å². The van der Waals surface area contributed by atoms with Gasteiger partial charge in [0.1, 0.15) is 6.33 Å². The zero-order chi connectivity index (χ0) is 22.4. The van der Waals surface area contributed by atoms with E-state index >= 15 is 0 Å². The molecule has 1 heterocycles. The number of amides is 2. The zero-order valence-corrected chi connectivity index (χ0v) is 18.9. The third kappa shape index (κ3) is 5.77. The van der Waals surface area contributed by atoms with Gasteiger partial charge in [-0.2, -0.15) is 0 Å². The van der Waals surface area contributed by atoms with E-state index in [0.29, 0.717) is 28.2 Å². The molecule has 0 bridgehead atoms. The molecule has 0 aliphatic rings. The van der Waals surface area contributed by atoms with Crippen molar-refractivity contribution in [3.8, 4) is 5.69 Å². The Bertz CT molecular complexity index is 1070. The lowest BCUT2D eigenvalue weighted by molar-refractivity contribution is -0.113. The number of anilines is 2. The fourth-order valence-corrected chi connectivity index (χ4v) is 3.56. The predicted octanol–water partition coefficient (Wildman–Crippen LogP) is 4.55. The molecule has 0 aliphatic carbocycles.